The molecule has 3 heteroatoms. The lowest BCUT2D eigenvalue weighted by Crippen LogP contribution is -2.48. The number of rotatable bonds is 4. The van der Waals surface area contributed by atoms with Crippen molar-refractivity contribution in [2.75, 3.05) is 25.9 Å². The Bertz CT molecular complexity index is 384. The normalized spacial score (nSPS) is 17.2. The smallest absolute Gasteiger partial charge is 0.141 e. The third kappa shape index (κ3) is 2.72. The fourth-order valence-electron chi connectivity index (χ4n) is 2.30. The number of benzene rings is 1. The van der Waals surface area contributed by atoms with Gasteiger partial charge in [0.25, 0.3) is 0 Å². The average molecular weight is 234 g/mol. The van der Waals surface area contributed by atoms with Crippen molar-refractivity contribution in [3.05, 3.63) is 23.8 Å². The van der Waals surface area contributed by atoms with Crippen molar-refractivity contribution >= 4 is 5.69 Å². The van der Waals surface area contributed by atoms with E-state index in [0.29, 0.717) is 0 Å². The van der Waals surface area contributed by atoms with Crippen LogP contribution in [0.2, 0.25) is 0 Å². The first-order valence-electron chi connectivity index (χ1n) is 6.25. The number of ether oxygens (including phenoxy) is 1. The van der Waals surface area contributed by atoms with Crippen molar-refractivity contribution in [2.45, 2.75) is 20.4 Å². The summed E-state index contributed by atoms with van der Waals surface area (Å²) in [5.74, 6) is 2.43. The minimum Gasteiger partial charge on any atom is -0.495 e. The van der Waals surface area contributed by atoms with E-state index < -0.39 is 0 Å². The van der Waals surface area contributed by atoms with Crippen molar-refractivity contribution in [1.29, 1.82) is 0 Å². The van der Waals surface area contributed by atoms with E-state index in [2.05, 4.69) is 24.8 Å². The van der Waals surface area contributed by atoms with Crippen molar-refractivity contribution in [3.63, 3.8) is 0 Å². The van der Waals surface area contributed by atoms with E-state index >= 15 is 0 Å². The Morgan fingerprint density at radius 1 is 1.41 bits per heavy atom. The number of anilines is 1. The first-order chi connectivity index (χ1) is 8.10. The van der Waals surface area contributed by atoms with Gasteiger partial charge in [0.2, 0.25) is 0 Å². The lowest BCUT2D eigenvalue weighted by Gasteiger charge is -2.41. The maximum atomic E-state index is 5.90. The van der Waals surface area contributed by atoms with Gasteiger partial charge in [0.15, 0.2) is 0 Å². The van der Waals surface area contributed by atoms with E-state index in [0.717, 1.165) is 29.8 Å². The monoisotopic (exact) mass is 234 g/mol. The highest BCUT2D eigenvalue weighted by atomic mass is 16.5. The second-order valence-electron chi connectivity index (χ2n) is 5.27. The van der Waals surface area contributed by atoms with Crippen LogP contribution >= 0.6 is 0 Å². The molecule has 0 bridgehead atoms. The third-order valence-corrected chi connectivity index (χ3v) is 3.63. The second kappa shape index (κ2) is 4.96. The van der Waals surface area contributed by atoms with Gasteiger partial charge in [-0.3, -0.25) is 4.90 Å². The first-order valence-corrected chi connectivity index (χ1v) is 6.25. The molecule has 1 aliphatic heterocycles. The Kier molecular flexibility index (Phi) is 3.57. The zero-order chi connectivity index (χ0) is 12.4. The first kappa shape index (κ1) is 12.2. The van der Waals surface area contributed by atoms with E-state index in [-0.39, 0.29) is 0 Å². The fraction of sp³-hybridized carbons (Fsp3) is 0.571. The molecule has 1 saturated heterocycles. The molecule has 0 aliphatic carbocycles. The van der Waals surface area contributed by atoms with E-state index in [1.165, 1.54) is 18.7 Å². The Labute approximate surface area is 104 Å². The molecule has 1 aromatic carbocycles. The highest BCUT2D eigenvalue weighted by Crippen LogP contribution is 2.27. The van der Waals surface area contributed by atoms with Crippen molar-refractivity contribution < 1.29 is 4.74 Å². The van der Waals surface area contributed by atoms with Crippen LogP contribution in [0.3, 0.4) is 0 Å². The summed E-state index contributed by atoms with van der Waals surface area (Å²) >= 11 is 0. The molecule has 94 valence electrons. The highest BCUT2D eigenvalue weighted by Gasteiger charge is 2.28. The molecule has 0 aromatic heterocycles. The zero-order valence-corrected chi connectivity index (χ0v) is 10.9. The van der Waals surface area contributed by atoms with Gasteiger partial charge >= 0.3 is 0 Å². The molecule has 1 fully saturated rings. The van der Waals surface area contributed by atoms with Crippen LogP contribution in [0.15, 0.2) is 18.2 Å². The number of likely N-dealkylation sites (tertiary alicyclic amines) is 1. The summed E-state index contributed by atoms with van der Waals surface area (Å²) in [6.07, 6.45) is 0. The number of hydrogen-bond acceptors (Lipinski definition) is 3. The molecular weight excluding hydrogens is 212 g/mol. The van der Waals surface area contributed by atoms with Crippen LogP contribution in [0.25, 0.3) is 0 Å². The van der Waals surface area contributed by atoms with Crippen molar-refractivity contribution in [3.8, 4) is 5.75 Å². The molecule has 1 aliphatic rings. The molecule has 1 aromatic rings. The molecule has 2 N–H and O–H groups in total. The van der Waals surface area contributed by atoms with Gasteiger partial charge in [-0.1, -0.05) is 19.9 Å². The molecule has 0 radical (unpaired) electrons. The summed E-state index contributed by atoms with van der Waals surface area (Å²) in [5, 5.41) is 0. The van der Waals surface area contributed by atoms with Gasteiger partial charge in [0, 0.05) is 19.6 Å². The summed E-state index contributed by atoms with van der Waals surface area (Å²) in [7, 11) is 1.65. The Balaban J connectivity index is 1.90. The quantitative estimate of drug-likeness (QED) is 0.813. The minimum atomic E-state index is 0.728. The van der Waals surface area contributed by atoms with Crippen LogP contribution in [0.4, 0.5) is 5.69 Å². The Hall–Kier alpha value is -1.22. The standard InChI is InChI=1S/C14H22N2O/c1-10(2)12-8-16(9-12)7-11-4-5-14(17-3)13(15)6-11/h4-6,10,12H,7-9,15H2,1-3H3. The van der Waals surface area contributed by atoms with Gasteiger partial charge in [-0.15, -0.1) is 0 Å². The van der Waals surface area contributed by atoms with Crippen molar-refractivity contribution in [1.82, 2.24) is 4.90 Å². The molecule has 0 amide bonds. The Morgan fingerprint density at radius 3 is 2.65 bits per heavy atom. The minimum absolute atomic E-state index is 0.728. The fourth-order valence-corrected chi connectivity index (χ4v) is 2.30. The molecule has 0 saturated carbocycles. The van der Waals surface area contributed by atoms with Gasteiger partial charge in [0.05, 0.1) is 12.8 Å². The molecular formula is C14H22N2O. The van der Waals surface area contributed by atoms with E-state index in [9.17, 15) is 0 Å². The van der Waals surface area contributed by atoms with E-state index in [1.807, 2.05) is 12.1 Å². The molecule has 0 atom stereocenters. The SMILES string of the molecule is COc1ccc(CN2CC(C(C)C)C2)cc1N. The van der Waals surface area contributed by atoms with Crippen LogP contribution in [0.5, 0.6) is 5.75 Å². The zero-order valence-electron chi connectivity index (χ0n) is 10.9. The van der Waals surface area contributed by atoms with Crippen LogP contribution in [-0.4, -0.2) is 25.1 Å². The van der Waals surface area contributed by atoms with Crippen molar-refractivity contribution in [2.24, 2.45) is 11.8 Å². The maximum absolute atomic E-state index is 5.90. The molecule has 3 nitrogen and oxygen atoms in total. The largest absolute Gasteiger partial charge is 0.495 e. The number of nitrogen functional groups attached to an aromatic ring is 1. The number of nitrogens with zero attached hydrogens (tertiary/aromatic N) is 1. The molecule has 2 rings (SSSR count). The topological polar surface area (TPSA) is 38.5 Å². The van der Waals surface area contributed by atoms with Gasteiger partial charge in [-0.25, -0.2) is 0 Å². The van der Waals surface area contributed by atoms with Crippen LogP contribution < -0.4 is 10.5 Å². The lowest BCUT2D eigenvalue weighted by atomic mass is 9.88. The molecule has 17 heavy (non-hydrogen) atoms. The summed E-state index contributed by atoms with van der Waals surface area (Å²) in [6.45, 7) is 8.02. The molecule has 0 unspecified atom stereocenters. The summed E-state index contributed by atoms with van der Waals surface area (Å²) in [4.78, 5) is 2.46. The third-order valence-electron chi connectivity index (χ3n) is 3.63. The average Bonchev–Trinajstić information content (AvgIpc) is 2.22. The predicted molar refractivity (Wildman–Crippen MR) is 71.0 cm³/mol. The number of methoxy groups -OCH3 is 1. The molecule has 0 spiro atoms. The van der Waals surface area contributed by atoms with Gasteiger partial charge < -0.3 is 10.5 Å². The van der Waals surface area contributed by atoms with Crippen LogP contribution in [0.1, 0.15) is 19.4 Å². The molecule has 1 heterocycles. The highest BCUT2D eigenvalue weighted by molar-refractivity contribution is 5.54. The van der Waals surface area contributed by atoms with Gasteiger partial charge in [0.1, 0.15) is 5.75 Å². The van der Waals surface area contributed by atoms with E-state index in [1.54, 1.807) is 7.11 Å². The van der Waals surface area contributed by atoms with Gasteiger partial charge in [-0.2, -0.15) is 0 Å². The maximum Gasteiger partial charge on any atom is 0.141 e. The summed E-state index contributed by atoms with van der Waals surface area (Å²) < 4.78 is 5.16. The predicted octanol–water partition coefficient (Wildman–Crippen LogP) is 2.37. The summed E-state index contributed by atoms with van der Waals surface area (Å²) in [5.41, 5.74) is 7.90. The second-order valence-corrected chi connectivity index (χ2v) is 5.27. The lowest BCUT2D eigenvalue weighted by molar-refractivity contribution is 0.0614. The van der Waals surface area contributed by atoms with Crippen LogP contribution in [0, 0.1) is 11.8 Å². The number of nitrogens with two attached hydrogens (primary N) is 1. The van der Waals surface area contributed by atoms with Crippen LogP contribution in [-0.2, 0) is 6.54 Å². The van der Waals surface area contributed by atoms with Gasteiger partial charge in [-0.05, 0) is 29.5 Å². The number of hydrogen-bond donors (Lipinski definition) is 1. The van der Waals surface area contributed by atoms with E-state index in [4.69, 9.17) is 10.5 Å². The summed E-state index contributed by atoms with van der Waals surface area (Å²) in [6, 6.07) is 6.06. The Morgan fingerprint density at radius 2 is 2.12 bits per heavy atom.